The van der Waals surface area contributed by atoms with Crippen LogP contribution in [0.5, 0.6) is 11.5 Å². The van der Waals surface area contributed by atoms with Crippen molar-refractivity contribution in [1.82, 2.24) is 36.8 Å². The number of carbonyl (C=O) groups excluding carboxylic acids is 4. The Labute approximate surface area is 816 Å². The second kappa shape index (κ2) is 45.8. The van der Waals surface area contributed by atoms with Crippen LogP contribution >= 0.6 is 58.5 Å². The van der Waals surface area contributed by atoms with Crippen molar-refractivity contribution in [2.75, 3.05) is 111 Å². The molecule has 4 heterocycles. The van der Waals surface area contributed by atoms with Gasteiger partial charge in [-0.05, 0) is 265 Å². The largest absolute Gasteiger partial charge is 0.456 e. The standard InChI is InChI=1S/2C27H27N3O3S2.C26H24FN3O3S2.C20H19Cl2N3O5S/c1-19-5-4-6-23(14-19)27(31)29-9-11-30(12-10-29)35(32,33)26-17-22(18-28)7-8-25(26)34-24-15-20(2)13-21(3)16-24;1-19-14-20(2)16-23(15-19)34-25-9-8-22(18-28)17-26(25)35(32,33)30-12-10-29(11-13-30)27(31)24-7-5-4-6-21(24)3;1-18-12-19(2)14-23(13-18)34-24-7-6-20(17-28)15-25(24)35(32,33)30-10-8-29(9-11-30)26(31)21-4-3-5-22(27)16-21;1-2-29-20(26)24-5-7-25(8-6-24)31(27,28)19-9-14(13-23)3-4-18(19)30-17-11-15(21)10-16(22)12-17/h4-8,13-17H,9-12H2,1-3H3;4-9,14-17H,10-13H2,1-3H3;3-7,12-16H,8-11H2,1-2H3;3-4,9-12H,2,5-8H2,1H3. The molecular formula is C100H97Cl2FN12O14S7. The number of amides is 4. The fourth-order valence-corrected chi connectivity index (χ4v) is 26.6. The van der Waals surface area contributed by atoms with E-state index >= 15 is 0 Å². The Hall–Kier alpha value is -11.9. The van der Waals surface area contributed by atoms with E-state index in [1.165, 1.54) is 135 Å². The van der Waals surface area contributed by atoms with Gasteiger partial charge in [0.05, 0.1) is 67.8 Å². The van der Waals surface area contributed by atoms with Crippen LogP contribution in [0, 0.1) is 107 Å². The first-order valence-electron chi connectivity index (χ1n) is 43.0. The number of hydrogen-bond donors (Lipinski definition) is 0. The molecule has 0 unspecified atom stereocenters. The molecule has 11 aromatic carbocycles. The first kappa shape index (κ1) is 103. The third-order valence-electron chi connectivity index (χ3n) is 22.1. The van der Waals surface area contributed by atoms with E-state index in [4.69, 9.17) is 32.7 Å². The van der Waals surface area contributed by atoms with Gasteiger partial charge in [-0.25, -0.2) is 42.9 Å². The van der Waals surface area contributed by atoms with Crippen LogP contribution in [0.15, 0.2) is 267 Å². The number of hydrogen-bond acceptors (Lipinski definition) is 21. The van der Waals surface area contributed by atoms with Crippen molar-refractivity contribution < 1.29 is 66.7 Å². The minimum absolute atomic E-state index is 0.0326. The highest BCUT2D eigenvalue weighted by Gasteiger charge is 2.39. The second-order valence-corrected chi connectivity index (χ2v) is 44.3. The average Bonchev–Trinajstić information content (AvgIpc) is 0.784. The maximum absolute atomic E-state index is 13.7. The minimum atomic E-state index is -4.01. The molecule has 0 N–H and O–H groups in total. The van der Waals surface area contributed by atoms with Gasteiger partial charge in [-0.2, -0.15) is 38.3 Å². The van der Waals surface area contributed by atoms with E-state index in [0.29, 0.717) is 73.2 Å². The molecule has 4 aliphatic rings. The highest BCUT2D eigenvalue weighted by atomic mass is 35.5. The normalized spacial score (nSPS) is 14.6. The lowest BCUT2D eigenvalue weighted by Crippen LogP contribution is -2.50. The number of rotatable bonds is 20. The summed E-state index contributed by atoms with van der Waals surface area (Å²) >= 11 is 16.1. The first-order valence-corrected chi connectivity index (χ1v) is 52.0. The summed E-state index contributed by atoms with van der Waals surface area (Å²) in [5.41, 5.74) is 10.9. The maximum atomic E-state index is 13.7. The Morgan fingerprint density at radius 1 is 0.353 bits per heavy atom. The Morgan fingerprint density at radius 3 is 1.04 bits per heavy atom. The summed E-state index contributed by atoms with van der Waals surface area (Å²) in [5, 5.41) is 38.1. The smallest absolute Gasteiger partial charge is 0.409 e. The SMILES string of the molecule is CCOC(=O)N1CCN(S(=O)(=O)c2cc(C#N)ccc2Oc2cc(Cl)cc(Cl)c2)CC1.Cc1cc(C)cc(Sc2ccc(C#N)cc2S(=O)(=O)N2CCN(C(=O)c3cccc(C)c3)CC2)c1.Cc1cc(C)cc(Sc2ccc(C#N)cc2S(=O)(=O)N2CCN(C(=O)c3cccc(F)c3)CC2)c1.Cc1cc(C)cc(Sc2ccc(C#N)cc2S(=O)(=O)N2CCN(C(=O)c3ccccc3C)CC2)c1. The molecule has 15 rings (SSSR count). The number of aryl methyl sites for hydroxylation is 8. The Balaban J connectivity index is 0.000000163. The summed E-state index contributed by atoms with van der Waals surface area (Å²) in [6.45, 7) is 20.9. The molecule has 26 nitrogen and oxygen atoms in total. The molecule has 0 bridgehead atoms. The van der Waals surface area contributed by atoms with E-state index in [-0.39, 0.29) is 151 Å². The summed E-state index contributed by atoms with van der Waals surface area (Å²) in [6, 6.07) is 69.5. The van der Waals surface area contributed by atoms with Crippen LogP contribution in [0.1, 0.15) is 105 Å². The zero-order valence-corrected chi connectivity index (χ0v) is 83.1. The van der Waals surface area contributed by atoms with Gasteiger partial charge in [0.2, 0.25) is 40.1 Å². The number of benzene rings is 11. The van der Waals surface area contributed by atoms with E-state index in [1.54, 1.807) is 71.3 Å². The molecule has 4 amide bonds. The number of halogens is 3. The van der Waals surface area contributed by atoms with Gasteiger partial charge in [0.1, 0.15) is 22.2 Å². The van der Waals surface area contributed by atoms with Gasteiger partial charge < -0.3 is 29.1 Å². The second-order valence-electron chi connectivity index (χ2n) is 32.5. The molecule has 0 spiro atoms. The van der Waals surface area contributed by atoms with Crippen LogP contribution in [0.3, 0.4) is 0 Å². The molecule has 36 heteroatoms. The highest BCUT2D eigenvalue weighted by molar-refractivity contribution is 8.01. The fraction of sp³-hybridized carbons (Fsp3) is 0.260. The van der Waals surface area contributed by atoms with Crippen molar-refractivity contribution in [3.63, 3.8) is 0 Å². The van der Waals surface area contributed by atoms with Gasteiger partial charge in [0.25, 0.3) is 17.7 Å². The van der Waals surface area contributed by atoms with Gasteiger partial charge in [0.15, 0.2) is 0 Å². The summed E-state index contributed by atoms with van der Waals surface area (Å²) < 4.78 is 138. The molecule has 704 valence electrons. The monoisotopic (exact) mass is 2000 g/mol. The molecule has 11 aromatic rings. The van der Waals surface area contributed by atoms with Crippen LogP contribution in [0.2, 0.25) is 10.0 Å². The number of ether oxygens (including phenoxy) is 2. The summed E-state index contributed by atoms with van der Waals surface area (Å²) in [6.07, 6.45) is -0.479. The average molecular weight is 2010 g/mol. The fourth-order valence-electron chi connectivity index (χ4n) is 15.5. The van der Waals surface area contributed by atoms with Crippen LogP contribution in [-0.4, -0.2) is 206 Å². The molecule has 4 fully saturated rings. The molecule has 4 aliphatic heterocycles. The number of sulfonamides is 4. The van der Waals surface area contributed by atoms with Crippen molar-refractivity contribution in [3.05, 3.63) is 318 Å². The summed E-state index contributed by atoms with van der Waals surface area (Å²) in [7, 11) is -15.7. The summed E-state index contributed by atoms with van der Waals surface area (Å²) in [5.74, 6) is -0.723. The third-order valence-corrected chi connectivity index (χ3v) is 33.9. The molecule has 0 radical (unpaired) electrons. The van der Waals surface area contributed by atoms with Crippen LogP contribution in [-0.2, 0) is 44.8 Å². The van der Waals surface area contributed by atoms with E-state index < -0.39 is 52.0 Å². The highest BCUT2D eigenvalue weighted by Crippen LogP contribution is 2.42. The zero-order chi connectivity index (χ0) is 98.1. The van der Waals surface area contributed by atoms with Gasteiger partial charge in [-0.3, -0.25) is 14.4 Å². The topological polar surface area (TPSA) is 344 Å². The predicted octanol–water partition coefficient (Wildman–Crippen LogP) is 18.3. The van der Waals surface area contributed by atoms with Crippen LogP contribution < -0.4 is 4.74 Å². The van der Waals surface area contributed by atoms with E-state index in [1.807, 2.05) is 146 Å². The van der Waals surface area contributed by atoms with Crippen molar-refractivity contribution in [3.8, 4) is 35.8 Å². The van der Waals surface area contributed by atoms with Gasteiger partial charge >= 0.3 is 6.09 Å². The number of nitriles is 4. The quantitative estimate of drug-likeness (QED) is 0.0684. The predicted molar refractivity (Wildman–Crippen MR) is 521 cm³/mol. The minimum Gasteiger partial charge on any atom is -0.456 e. The van der Waals surface area contributed by atoms with Crippen LogP contribution in [0.4, 0.5) is 9.18 Å². The summed E-state index contributed by atoms with van der Waals surface area (Å²) in [4.78, 5) is 61.5. The van der Waals surface area contributed by atoms with Crippen molar-refractivity contribution in [2.45, 2.75) is 111 Å². The third kappa shape index (κ3) is 26.0. The van der Waals surface area contributed by atoms with E-state index in [0.717, 1.165) is 59.2 Å². The van der Waals surface area contributed by atoms with E-state index in [9.17, 15) is 78.3 Å². The Bertz CT molecular complexity index is 6760. The Morgan fingerprint density at radius 2 is 0.684 bits per heavy atom. The van der Waals surface area contributed by atoms with Crippen molar-refractivity contribution >= 4 is 122 Å². The molecule has 136 heavy (non-hydrogen) atoms. The molecule has 0 aliphatic carbocycles. The number of nitrogens with zero attached hydrogens (tertiary/aromatic N) is 12. The van der Waals surface area contributed by atoms with Gasteiger partial charge in [-0.15, -0.1) is 0 Å². The van der Waals surface area contributed by atoms with E-state index in [2.05, 4.69) is 24.3 Å². The van der Waals surface area contributed by atoms with Gasteiger partial charge in [-0.1, -0.05) is 119 Å². The molecule has 4 saturated heterocycles. The lowest BCUT2D eigenvalue weighted by molar-refractivity contribution is 0.0691. The Kier molecular flexibility index (Phi) is 34.7. The maximum Gasteiger partial charge on any atom is 0.409 e. The number of piperazine rings is 4. The molecule has 0 atom stereocenters. The lowest BCUT2D eigenvalue weighted by Gasteiger charge is -2.34. The van der Waals surface area contributed by atoms with Crippen molar-refractivity contribution in [2.24, 2.45) is 0 Å². The zero-order valence-electron chi connectivity index (χ0n) is 75.9. The lowest BCUT2D eigenvalue weighted by atomic mass is 10.1. The molecule has 0 aromatic heterocycles. The molecule has 0 saturated carbocycles. The molecular weight excluding hydrogens is 1910 g/mol. The van der Waals surface area contributed by atoms with Crippen molar-refractivity contribution in [1.29, 1.82) is 21.0 Å². The van der Waals surface area contributed by atoms with Crippen LogP contribution in [0.25, 0.3) is 0 Å². The first-order chi connectivity index (χ1) is 64.8. The van der Waals surface area contributed by atoms with Gasteiger partial charge in [0, 0.05) is 161 Å². The number of carbonyl (C=O) groups is 4.